The lowest BCUT2D eigenvalue weighted by atomic mass is 10.3. The van der Waals surface area contributed by atoms with E-state index >= 15 is 0 Å². The van der Waals surface area contributed by atoms with Crippen LogP contribution in [0.15, 0.2) is 17.1 Å². The average Bonchev–Trinajstić information content (AvgIpc) is 2.87. The smallest absolute Gasteiger partial charge is 0.269 e. The molecule has 0 atom stereocenters. The number of hydrogen-bond donors (Lipinski definition) is 1. The fraction of sp³-hybridized carbons (Fsp3) is 0.500. The fourth-order valence-electron chi connectivity index (χ4n) is 2.25. The second kappa shape index (κ2) is 5.78. The predicted molar refractivity (Wildman–Crippen MR) is 81.6 cm³/mol. The van der Waals surface area contributed by atoms with Crippen LogP contribution in [0, 0.1) is 0 Å². The molecule has 2 N–H and O–H groups in total. The third-order valence-electron chi connectivity index (χ3n) is 3.61. The third kappa shape index (κ3) is 3.03. The summed E-state index contributed by atoms with van der Waals surface area (Å²) in [5.74, 6) is 0. The van der Waals surface area contributed by atoms with E-state index in [0.29, 0.717) is 10.7 Å². The van der Waals surface area contributed by atoms with Crippen molar-refractivity contribution in [2.24, 2.45) is 0 Å². The monoisotopic (exact) mass is 307 g/mol. The molecule has 9 heteroatoms. The molecule has 1 fully saturated rings. The van der Waals surface area contributed by atoms with Gasteiger partial charge < -0.3 is 15.5 Å². The van der Waals surface area contributed by atoms with Gasteiger partial charge in [0.2, 0.25) is 0 Å². The maximum absolute atomic E-state index is 12.2. The minimum Gasteiger partial charge on any atom is -0.388 e. The van der Waals surface area contributed by atoms with Gasteiger partial charge in [0.15, 0.2) is 0 Å². The molecule has 0 amide bonds. The van der Waals surface area contributed by atoms with Crippen LogP contribution in [0.25, 0.3) is 0 Å². The first kappa shape index (κ1) is 14.0. The van der Waals surface area contributed by atoms with Crippen molar-refractivity contribution in [2.75, 3.05) is 43.9 Å². The van der Waals surface area contributed by atoms with Crippen molar-refractivity contribution in [1.82, 2.24) is 24.3 Å². The zero-order chi connectivity index (χ0) is 14.8. The first-order valence-corrected chi connectivity index (χ1v) is 7.48. The van der Waals surface area contributed by atoms with Crippen LogP contribution >= 0.6 is 11.5 Å². The van der Waals surface area contributed by atoms with Crippen molar-refractivity contribution < 1.29 is 0 Å². The van der Waals surface area contributed by atoms with E-state index in [-0.39, 0.29) is 12.1 Å². The van der Waals surface area contributed by atoms with Gasteiger partial charge in [0, 0.05) is 43.8 Å². The lowest BCUT2D eigenvalue weighted by Gasteiger charge is -2.33. The third-order valence-corrected chi connectivity index (χ3v) is 4.20. The van der Waals surface area contributed by atoms with Crippen molar-refractivity contribution in [1.29, 1.82) is 0 Å². The van der Waals surface area contributed by atoms with Gasteiger partial charge in [0.25, 0.3) is 5.56 Å². The Balaban J connectivity index is 1.77. The standard InChI is InChI=1S/C12H17N7OS/c1-17-2-4-18(5-3-17)9-6-11(20)19(14-7-9)8-10-12(13)21-16-15-10/h6-7H,2-5,8,13H2,1H3. The van der Waals surface area contributed by atoms with Crippen molar-refractivity contribution in [3.63, 3.8) is 0 Å². The van der Waals surface area contributed by atoms with E-state index in [1.807, 2.05) is 0 Å². The van der Waals surface area contributed by atoms with Gasteiger partial charge in [0.1, 0.15) is 10.7 Å². The van der Waals surface area contributed by atoms with Gasteiger partial charge >= 0.3 is 0 Å². The summed E-state index contributed by atoms with van der Waals surface area (Å²) in [6.45, 7) is 4.05. The highest BCUT2D eigenvalue weighted by atomic mass is 32.1. The fourth-order valence-corrected chi connectivity index (χ4v) is 2.69. The maximum Gasteiger partial charge on any atom is 0.269 e. The van der Waals surface area contributed by atoms with Crippen LogP contribution in [-0.4, -0.2) is 57.5 Å². The molecule has 1 aliphatic rings. The Kier molecular flexibility index (Phi) is 3.84. The van der Waals surface area contributed by atoms with E-state index in [2.05, 4.69) is 31.5 Å². The molecule has 3 rings (SSSR count). The SMILES string of the molecule is CN1CCN(c2cnn(Cc3nnsc3N)c(=O)c2)CC1. The van der Waals surface area contributed by atoms with Crippen LogP contribution in [0.2, 0.25) is 0 Å². The summed E-state index contributed by atoms with van der Waals surface area (Å²) in [6.07, 6.45) is 1.72. The van der Waals surface area contributed by atoms with Gasteiger partial charge in [-0.2, -0.15) is 5.10 Å². The van der Waals surface area contributed by atoms with Crippen molar-refractivity contribution in [3.8, 4) is 0 Å². The summed E-state index contributed by atoms with van der Waals surface area (Å²) in [5.41, 5.74) is 7.04. The molecule has 0 saturated carbocycles. The molecule has 3 heterocycles. The van der Waals surface area contributed by atoms with Gasteiger partial charge in [-0.3, -0.25) is 4.79 Å². The lowest BCUT2D eigenvalue weighted by Crippen LogP contribution is -2.45. The number of anilines is 2. The number of likely N-dealkylation sites (N-methyl/N-ethyl adjacent to an activating group) is 1. The van der Waals surface area contributed by atoms with Gasteiger partial charge in [-0.25, -0.2) is 4.68 Å². The molecule has 21 heavy (non-hydrogen) atoms. The van der Waals surface area contributed by atoms with Crippen molar-refractivity contribution >= 4 is 22.2 Å². The molecule has 0 bridgehead atoms. The van der Waals surface area contributed by atoms with E-state index in [4.69, 9.17) is 5.73 Å². The molecule has 0 spiro atoms. The minimum atomic E-state index is -0.154. The topological polar surface area (TPSA) is 93.2 Å². The van der Waals surface area contributed by atoms with Crippen LogP contribution in [0.4, 0.5) is 10.7 Å². The number of nitrogens with two attached hydrogens (primary N) is 1. The number of nitrogen functional groups attached to an aromatic ring is 1. The second-order valence-corrected chi connectivity index (χ2v) is 5.87. The molecular formula is C12H17N7OS. The Morgan fingerprint density at radius 2 is 2.10 bits per heavy atom. The second-order valence-electron chi connectivity index (χ2n) is 5.08. The molecule has 0 aromatic carbocycles. The zero-order valence-corrected chi connectivity index (χ0v) is 12.6. The number of piperazine rings is 1. The summed E-state index contributed by atoms with van der Waals surface area (Å²) >= 11 is 1.12. The lowest BCUT2D eigenvalue weighted by molar-refractivity contribution is 0.312. The molecular weight excluding hydrogens is 290 g/mol. The summed E-state index contributed by atoms with van der Waals surface area (Å²) in [5, 5.41) is 8.64. The van der Waals surface area contributed by atoms with Crippen LogP contribution in [0.3, 0.4) is 0 Å². The van der Waals surface area contributed by atoms with E-state index < -0.39 is 0 Å². The number of rotatable bonds is 3. The molecule has 1 aliphatic heterocycles. The molecule has 0 aliphatic carbocycles. The maximum atomic E-state index is 12.2. The van der Waals surface area contributed by atoms with Gasteiger partial charge in [-0.1, -0.05) is 4.49 Å². The van der Waals surface area contributed by atoms with E-state index in [1.165, 1.54) is 4.68 Å². The summed E-state index contributed by atoms with van der Waals surface area (Å²) in [6, 6.07) is 1.62. The van der Waals surface area contributed by atoms with E-state index in [0.717, 1.165) is 43.4 Å². The average molecular weight is 307 g/mol. The highest BCUT2D eigenvalue weighted by molar-refractivity contribution is 7.09. The molecule has 1 saturated heterocycles. The van der Waals surface area contributed by atoms with Gasteiger partial charge in [-0.05, 0) is 7.05 Å². The quantitative estimate of drug-likeness (QED) is 0.815. The van der Waals surface area contributed by atoms with Crippen molar-refractivity contribution in [2.45, 2.75) is 6.54 Å². The first-order valence-electron chi connectivity index (χ1n) is 6.71. The van der Waals surface area contributed by atoms with E-state index in [9.17, 15) is 4.79 Å². The number of aromatic nitrogens is 4. The normalized spacial score (nSPS) is 16.3. The molecule has 0 unspecified atom stereocenters. The van der Waals surface area contributed by atoms with Gasteiger partial charge in [0.05, 0.1) is 18.4 Å². The molecule has 2 aromatic rings. The molecule has 8 nitrogen and oxygen atoms in total. The highest BCUT2D eigenvalue weighted by Crippen LogP contribution is 2.14. The number of hydrogen-bond acceptors (Lipinski definition) is 8. The minimum absolute atomic E-state index is 0.154. The van der Waals surface area contributed by atoms with Crippen LogP contribution in [-0.2, 0) is 6.54 Å². The summed E-state index contributed by atoms with van der Waals surface area (Å²) in [4.78, 5) is 16.6. The molecule has 112 valence electrons. The molecule has 0 radical (unpaired) electrons. The summed E-state index contributed by atoms with van der Waals surface area (Å²) in [7, 11) is 2.10. The van der Waals surface area contributed by atoms with Gasteiger partial charge in [-0.15, -0.1) is 5.10 Å². The van der Waals surface area contributed by atoms with Crippen LogP contribution in [0.5, 0.6) is 0 Å². The Bertz CT molecular complexity index is 674. The largest absolute Gasteiger partial charge is 0.388 e. The Hall–Kier alpha value is -2.00. The number of nitrogens with zero attached hydrogens (tertiary/aromatic N) is 6. The Labute approximate surface area is 126 Å². The van der Waals surface area contributed by atoms with Crippen molar-refractivity contribution in [3.05, 3.63) is 28.3 Å². The highest BCUT2D eigenvalue weighted by Gasteiger charge is 2.16. The van der Waals surface area contributed by atoms with E-state index in [1.54, 1.807) is 12.3 Å². The van der Waals surface area contributed by atoms with Crippen LogP contribution in [0.1, 0.15) is 5.69 Å². The predicted octanol–water partition coefficient (Wildman–Crippen LogP) is -0.523. The van der Waals surface area contributed by atoms with Crippen LogP contribution < -0.4 is 16.2 Å². The first-order chi connectivity index (χ1) is 10.1. The Morgan fingerprint density at radius 3 is 2.71 bits per heavy atom. The zero-order valence-electron chi connectivity index (χ0n) is 11.8. The summed E-state index contributed by atoms with van der Waals surface area (Å²) < 4.78 is 5.11. The Morgan fingerprint density at radius 1 is 1.33 bits per heavy atom. The molecule has 2 aromatic heterocycles.